The van der Waals surface area contributed by atoms with E-state index in [0.717, 1.165) is 19.3 Å². The van der Waals surface area contributed by atoms with Crippen molar-refractivity contribution >= 4 is 0 Å². The summed E-state index contributed by atoms with van der Waals surface area (Å²) in [5, 5.41) is 17.0. The maximum atomic E-state index is 9.63. The molecule has 1 aliphatic carbocycles. The molecule has 1 aromatic heterocycles. The Morgan fingerprint density at radius 1 is 1.50 bits per heavy atom. The molecule has 0 unspecified atom stereocenters. The maximum absolute atomic E-state index is 9.63. The zero-order valence-electron chi connectivity index (χ0n) is 5.56. The standard InChI is InChI=1S/C6H9N3O/c10-6(2-1-3-6)9-5-4-7-8-9/h4-5,10H,1-3H2. The summed E-state index contributed by atoms with van der Waals surface area (Å²) in [6.45, 7) is 0. The van der Waals surface area contributed by atoms with E-state index in [2.05, 4.69) is 10.3 Å². The molecule has 1 aromatic rings. The van der Waals surface area contributed by atoms with E-state index in [9.17, 15) is 5.11 Å². The lowest BCUT2D eigenvalue weighted by molar-refractivity contribution is -0.117. The minimum Gasteiger partial charge on any atom is -0.369 e. The van der Waals surface area contributed by atoms with Crippen LogP contribution in [0.25, 0.3) is 0 Å². The highest BCUT2D eigenvalue weighted by molar-refractivity contribution is 4.84. The van der Waals surface area contributed by atoms with Crippen molar-refractivity contribution in [2.24, 2.45) is 0 Å². The lowest BCUT2D eigenvalue weighted by atomic mass is 9.89. The number of hydrogen-bond acceptors (Lipinski definition) is 3. The van der Waals surface area contributed by atoms with Crippen LogP contribution in [0.1, 0.15) is 19.3 Å². The van der Waals surface area contributed by atoms with Gasteiger partial charge in [-0.15, -0.1) is 5.10 Å². The van der Waals surface area contributed by atoms with Gasteiger partial charge < -0.3 is 5.11 Å². The van der Waals surface area contributed by atoms with E-state index >= 15 is 0 Å². The molecule has 54 valence electrons. The van der Waals surface area contributed by atoms with Gasteiger partial charge in [0, 0.05) is 6.20 Å². The van der Waals surface area contributed by atoms with E-state index in [1.807, 2.05) is 0 Å². The van der Waals surface area contributed by atoms with Gasteiger partial charge in [0.1, 0.15) is 0 Å². The molecule has 2 rings (SSSR count). The van der Waals surface area contributed by atoms with Crippen LogP contribution in [0.4, 0.5) is 0 Å². The van der Waals surface area contributed by atoms with Crippen molar-refractivity contribution in [2.45, 2.75) is 25.0 Å². The summed E-state index contributed by atoms with van der Waals surface area (Å²) in [4.78, 5) is 0. The molecule has 0 aliphatic heterocycles. The van der Waals surface area contributed by atoms with Gasteiger partial charge in [0.2, 0.25) is 0 Å². The van der Waals surface area contributed by atoms with Crippen LogP contribution in [-0.2, 0) is 5.72 Å². The summed E-state index contributed by atoms with van der Waals surface area (Å²) in [5.41, 5.74) is -0.712. The van der Waals surface area contributed by atoms with Crippen LogP contribution in [0.3, 0.4) is 0 Å². The molecule has 4 heteroatoms. The molecule has 1 N–H and O–H groups in total. The fourth-order valence-corrected chi connectivity index (χ4v) is 1.15. The normalized spacial score (nSPS) is 22.1. The minimum absolute atomic E-state index is 0.712. The molecule has 1 fully saturated rings. The summed E-state index contributed by atoms with van der Waals surface area (Å²) < 4.78 is 1.52. The van der Waals surface area contributed by atoms with Crippen LogP contribution in [0.15, 0.2) is 12.4 Å². The second-order valence-corrected chi connectivity index (χ2v) is 2.68. The first-order chi connectivity index (χ1) is 4.81. The summed E-state index contributed by atoms with van der Waals surface area (Å²) in [5.74, 6) is 0. The Balaban J connectivity index is 2.27. The first kappa shape index (κ1) is 5.85. The molecule has 0 saturated heterocycles. The van der Waals surface area contributed by atoms with E-state index in [-0.39, 0.29) is 0 Å². The molecule has 0 atom stereocenters. The van der Waals surface area contributed by atoms with E-state index in [1.54, 1.807) is 12.4 Å². The smallest absolute Gasteiger partial charge is 0.159 e. The van der Waals surface area contributed by atoms with Crippen LogP contribution >= 0.6 is 0 Å². The van der Waals surface area contributed by atoms with Gasteiger partial charge in [-0.2, -0.15) is 0 Å². The Kier molecular flexibility index (Phi) is 1.05. The molecule has 0 aromatic carbocycles. The number of aromatic nitrogens is 3. The van der Waals surface area contributed by atoms with E-state index < -0.39 is 5.72 Å². The van der Waals surface area contributed by atoms with Gasteiger partial charge in [-0.1, -0.05) is 5.21 Å². The molecule has 0 radical (unpaired) electrons. The topological polar surface area (TPSA) is 50.9 Å². The molecule has 0 spiro atoms. The number of rotatable bonds is 1. The van der Waals surface area contributed by atoms with Crippen LogP contribution < -0.4 is 0 Å². The average Bonchev–Trinajstić information content (AvgIpc) is 2.33. The Bertz CT molecular complexity index is 215. The third-order valence-corrected chi connectivity index (χ3v) is 2.00. The van der Waals surface area contributed by atoms with E-state index in [1.165, 1.54) is 4.68 Å². The number of hydrogen-bond donors (Lipinski definition) is 1. The predicted octanol–water partition coefficient (Wildman–Crippen LogP) is 0.107. The summed E-state index contributed by atoms with van der Waals surface area (Å²) >= 11 is 0. The lowest BCUT2D eigenvalue weighted by Crippen LogP contribution is -2.40. The maximum Gasteiger partial charge on any atom is 0.159 e. The second-order valence-electron chi connectivity index (χ2n) is 2.68. The van der Waals surface area contributed by atoms with Crippen LogP contribution in [0.5, 0.6) is 0 Å². The Labute approximate surface area is 58.5 Å². The lowest BCUT2D eigenvalue weighted by Gasteiger charge is -2.35. The second kappa shape index (κ2) is 1.79. The van der Waals surface area contributed by atoms with Crippen LogP contribution in [0.2, 0.25) is 0 Å². The summed E-state index contributed by atoms with van der Waals surface area (Å²) in [6.07, 6.45) is 5.96. The zero-order valence-corrected chi connectivity index (χ0v) is 5.56. The first-order valence-electron chi connectivity index (χ1n) is 3.40. The quantitative estimate of drug-likeness (QED) is 0.600. The molecule has 1 saturated carbocycles. The SMILES string of the molecule is OC1(n2ccnn2)CCC1. The van der Waals surface area contributed by atoms with Crippen molar-refractivity contribution < 1.29 is 5.11 Å². The molecular formula is C6H9N3O. The van der Waals surface area contributed by atoms with E-state index in [4.69, 9.17) is 0 Å². The van der Waals surface area contributed by atoms with Gasteiger partial charge >= 0.3 is 0 Å². The average molecular weight is 139 g/mol. The minimum atomic E-state index is -0.712. The van der Waals surface area contributed by atoms with Crippen molar-refractivity contribution in [2.75, 3.05) is 0 Å². The summed E-state index contributed by atoms with van der Waals surface area (Å²) in [7, 11) is 0. The van der Waals surface area contributed by atoms with E-state index in [0.29, 0.717) is 0 Å². The first-order valence-corrected chi connectivity index (χ1v) is 3.40. The third kappa shape index (κ3) is 0.654. The largest absolute Gasteiger partial charge is 0.369 e. The highest BCUT2D eigenvalue weighted by Crippen LogP contribution is 2.34. The van der Waals surface area contributed by atoms with Crippen molar-refractivity contribution in [1.29, 1.82) is 0 Å². The predicted molar refractivity (Wildman–Crippen MR) is 34.1 cm³/mol. The van der Waals surface area contributed by atoms with Crippen molar-refractivity contribution in [3.63, 3.8) is 0 Å². The molecule has 1 aliphatic rings. The van der Waals surface area contributed by atoms with Gasteiger partial charge in [-0.05, 0) is 19.3 Å². The van der Waals surface area contributed by atoms with Gasteiger partial charge in [0.05, 0.1) is 6.20 Å². The number of nitrogens with zero attached hydrogens (tertiary/aromatic N) is 3. The summed E-state index contributed by atoms with van der Waals surface area (Å²) in [6, 6.07) is 0. The molecule has 10 heavy (non-hydrogen) atoms. The molecule has 1 heterocycles. The van der Waals surface area contributed by atoms with Gasteiger partial charge in [0.15, 0.2) is 5.72 Å². The Morgan fingerprint density at radius 2 is 2.30 bits per heavy atom. The highest BCUT2D eigenvalue weighted by atomic mass is 16.3. The Hall–Kier alpha value is -0.900. The fraction of sp³-hybridized carbons (Fsp3) is 0.667. The van der Waals surface area contributed by atoms with Crippen molar-refractivity contribution in [1.82, 2.24) is 15.0 Å². The highest BCUT2D eigenvalue weighted by Gasteiger charge is 2.36. The zero-order chi connectivity index (χ0) is 7.03. The molecule has 4 nitrogen and oxygen atoms in total. The van der Waals surface area contributed by atoms with Gasteiger partial charge in [0.25, 0.3) is 0 Å². The monoisotopic (exact) mass is 139 g/mol. The fourth-order valence-electron chi connectivity index (χ4n) is 1.15. The van der Waals surface area contributed by atoms with Crippen molar-refractivity contribution in [3.05, 3.63) is 12.4 Å². The number of aliphatic hydroxyl groups is 1. The molecular weight excluding hydrogens is 130 g/mol. The molecule has 0 bridgehead atoms. The van der Waals surface area contributed by atoms with Gasteiger partial charge in [-0.3, -0.25) is 0 Å². The third-order valence-electron chi connectivity index (χ3n) is 2.00. The van der Waals surface area contributed by atoms with Gasteiger partial charge in [-0.25, -0.2) is 4.68 Å². The van der Waals surface area contributed by atoms with Crippen LogP contribution in [0, 0.1) is 0 Å². The van der Waals surface area contributed by atoms with Crippen molar-refractivity contribution in [3.8, 4) is 0 Å². The Morgan fingerprint density at radius 3 is 2.70 bits per heavy atom. The molecule has 0 amide bonds. The van der Waals surface area contributed by atoms with Crippen LogP contribution in [-0.4, -0.2) is 20.1 Å².